The van der Waals surface area contributed by atoms with Crippen LogP contribution in [0.1, 0.15) is 18.9 Å². The first kappa shape index (κ1) is 14.8. The minimum absolute atomic E-state index is 0.241. The first-order valence-corrected chi connectivity index (χ1v) is 5.57. The molecular weight excluding hydrogens is 245 g/mol. The van der Waals surface area contributed by atoms with Crippen LogP contribution in [0.5, 0.6) is 5.75 Å². The van der Waals surface area contributed by atoms with Gasteiger partial charge in [0.15, 0.2) is 0 Å². The SMILES string of the molecule is C[C@](CN)(CCN)Oc1ccc(C(F)(F)F)cc1. The molecule has 1 atom stereocenters. The summed E-state index contributed by atoms with van der Waals surface area (Å²) in [5, 5.41) is 0. The fourth-order valence-corrected chi connectivity index (χ4v) is 1.50. The van der Waals surface area contributed by atoms with E-state index < -0.39 is 17.3 Å². The molecule has 3 nitrogen and oxygen atoms in total. The van der Waals surface area contributed by atoms with Gasteiger partial charge in [-0.15, -0.1) is 0 Å². The summed E-state index contributed by atoms with van der Waals surface area (Å²) in [4.78, 5) is 0. The van der Waals surface area contributed by atoms with E-state index in [1.807, 2.05) is 0 Å². The maximum atomic E-state index is 12.4. The van der Waals surface area contributed by atoms with Crippen molar-refractivity contribution >= 4 is 0 Å². The standard InChI is InChI=1S/C12H17F3N2O/c1-11(8-17,6-7-16)18-10-4-2-9(3-5-10)12(13,14)15/h2-5H,6-8,16-17H2,1H3/t11-/m1/s1. The molecule has 18 heavy (non-hydrogen) atoms. The molecule has 0 unspecified atom stereocenters. The molecule has 0 saturated carbocycles. The lowest BCUT2D eigenvalue weighted by Gasteiger charge is -2.29. The molecule has 0 fully saturated rings. The lowest BCUT2D eigenvalue weighted by Crippen LogP contribution is -2.42. The fourth-order valence-electron chi connectivity index (χ4n) is 1.50. The second kappa shape index (κ2) is 5.58. The van der Waals surface area contributed by atoms with Crippen LogP contribution in [-0.4, -0.2) is 18.7 Å². The van der Waals surface area contributed by atoms with Crippen molar-refractivity contribution < 1.29 is 17.9 Å². The normalized spacial score (nSPS) is 15.2. The van der Waals surface area contributed by atoms with Crippen molar-refractivity contribution in [3.05, 3.63) is 29.8 Å². The molecule has 0 spiro atoms. The van der Waals surface area contributed by atoms with E-state index in [-0.39, 0.29) is 6.54 Å². The van der Waals surface area contributed by atoms with E-state index in [1.54, 1.807) is 6.92 Å². The monoisotopic (exact) mass is 262 g/mol. The molecule has 1 aromatic rings. The van der Waals surface area contributed by atoms with E-state index in [0.717, 1.165) is 12.1 Å². The van der Waals surface area contributed by atoms with Gasteiger partial charge in [-0.3, -0.25) is 0 Å². The summed E-state index contributed by atoms with van der Waals surface area (Å²) in [6.45, 7) is 2.41. The number of hydrogen-bond donors (Lipinski definition) is 2. The molecule has 0 amide bonds. The van der Waals surface area contributed by atoms with Crippen molar-refractivity contribution in [3.8, 4) is 5.75 Å². The quantitative estimate of drug-likeness (QED) is 0.854. The summed E-state index contributed by atoms with van der Waals surface area (Å²) in [7, 11) is 0. The predicted molar refractivity (Wildman–Crippen MR) is 63.2 cm³/mol. The van der Waals surface area contributed by atoms with Crippen LogP contribution in [0.3, 0.4) is 0 Å². The number of benzene rings is 1. The molecule has 102 valence electrons. The summed E-state index contributed by atoms with van der Waals surface area (Å²) in [5.74, 6) is 0.351. The van der Waals surface area contributed by atoms with E-state index in [2.05, 4.69) is 0 Å². The second-order valence-electron chi connectivity index (χ2n) is 4.32. The fraction of sp³-hybridized carbons (Fsp3) is 0.500. The van der Waals surface area contributed by atoms with Crippen LogP contribution in [0.4, 0.5) is 13.2 Å². The zero-order chi connectivity index (χ0) is 13.8. The van der Waals surface area contributed by atoms with Gasteiger partial charge in [0.25, 0.3) is 0 Å². The van der Waals surface area contributed by atoms with E-state index in [4.69, 9.17) is 16.2 Å². The van der Waals surface area contributed by atoms with Gasteiger partial charge in [-0.05, 0) is 37.7 Å². The first-order chi connectivity index (χ1) is 8.30. The summed E-state index contributed by atoms with van der Waals surface area (Å²) < 4.78 is 42.7. The number of ether oxygens (including phenoxy) is 1. The van der Waals surface area contributed by atoms with E-state index >= 15 is 0 Å². The summed E-state index contributed by atoms with van der Waals surface area (Å²) in [5.41, 5.74) is 9.66. The van der Waals surface area contributed by atoms with E-state index in [0.29, 0.717) is 18.7 Å². The van der Waals surface area contributed by atoms with Crippen LogP contribution >= 0.6 is 0 Å². The molecule has 1 aromatic carbocycles. The largest absolute Gasteiger partial charge is 0.486 e. The summed E-state index contributed by atoms with van der Waals surface area (Å²) >= 11 is 0. The number of halogens is 3. The van der Waals surface area contributed by atoms with Crippen LogP contribution in [0.15, 0.2) is 24.3 Å². The molecule has 0 saturated heterocycles. The first-order valence-electron chi connectivity index (χ1n) is 5.57. The Kier molecular flexibility index (Phi) is 4.59. The van der Waals surface area contributed by atoms with Crippen molar-refractivity contribution in [2.24, 2.45) is 11.5 Å². The number of rotatable bonds is 5. The third kappa shape index (κ3) is 3.89. The van der Waals surface area contributed by atoms with Gasteiger partial charge in [0.05, 0.1) is 5.56 Å². The van der Waals surface area contributed by atoms with Gasteiger partial charge in [-0.2, -0.15) is 13.2 Å². The zero-order valence-electron chi connectivity index (χ0n) is 10.1. The second-order valence-corrected chi connectivity index (χ2v) is 4.32. The molecule has 0 radical (unpaired) electrons. The molecule has 0 bridgehead atoms. The van der Waals surface area contributed by atoms with E-state index in [9.17, 15) is 13.2 Å². The van der Waals surface area contributed by atoms with Gasteiger partial charge in [0, 0.05) is 13.0 Å². The van der Waals surface area contributed by atoms with Crippen molar-refractivity contribution in [2.75, 3.05) is 13.1 Å². The third-order valence-corrected chi connectivity index (χ3v) is 2.65. The molecule has 0 heterocycles. The van der Waals surface area contributed by atoms with Gasteiger partial charge < -0.3 is 16.2 Å². The Bertz CT molecular complexity index is 378. The minimum Gasteiger partial charge on any atom is -0.486 e. The molecule has 1 rings (SSSR count). The van der Waals surface area contributed by atoms with Gasteiger partial charge >= 0.3 is 6.18 Å². The Morgan fingerprint density at radius 2 is 1.67 bits per heavy atom. The lowest BCUT2D eigenvalue weighted by molar-refractivity contribution is -0.137. The Balaban J connectivity index is 2.80. The van der Waals surface area contributed by atoms with Gasteiger partial charge in [0.1, 0.15) is 11.4 Å². The number of alkyl halides is 3. The molecule has 0 aliphatic carbocycles. The number of nitrogens with two attached hydrogens (primary N) is 2. The average molecular weight is 262 g/mol. The van der Waals surface area contributed by atoms with Gasteiger partial charge in [0.2, 0.25) is 0 Å². The zero-order valence-corrected chi connectivity index (χ0v) is 10.1. The van der Waals surface area contributed by atoms with Crippen molar-refractivity contribution in [1.29, 1.82) is 0 Å². The molecule has 0 aliphatic rings. The maximum Gasteiger partial charge on any atom is 0.416 e. The Labute approximate surface area is 104 Å². The molecule has 6 heteroatoms. The highest BCUT2D eigenvalue weighted by atomic mass is 19.4. The molecule has 0 aliphatic heterocycles. The van der Waals surface area contributed by atoms with Crippen LogP contribution in [0.2, 0.25) is 0 Å². The summed E-state index contributed by atoms with van der Waals surface area (Å²) in [6, 6.07) is 4.53. The Morgan fingerprint density at radius 3 is 2.06 bits per heavy atom. The highest BCUT2D eigenvalue weighted by Gasteiger charge is 2.30. The smallest absolute Gasteiger partial charge is 0.416 e. The maximum absolute atomic E-state index is 12.4. The molecule has 0 aromatic heterocycles. The van der Waals surface area contributed by atoms with Crippen LogP contribution in [-0.2, 0) is 6.18 Å². The van der Waals surface area contributed by atoms with Crippen molar-refractivity contribution in [3.63, 3.8) is 0 Å². The third-order valence-electron chi connectivity index (χ3n) is 2.65. The van der Waals surface area contributed by atoms with Crippen molar-refractivity contribution in [2.45, 2.75) is 25.1 Å². The predicted octanol–water partition coefficient (Wildman–Crippen LogP) is 2.15. The Morgan fingerprint density at radius 1 is 1.11 bits per heavy atom. The summed E-state index contributed by atoms with van der Waals surface area (Å²) in [6.07, 6.45) is -3.81. The van der Waals surface area contributed by atoms with Crippen LogP contribution < -0.4 is 16.2 Å². The van der Waals surface area contributed by atoms with Crippen LogP contribution in [0, 0.1) is 0 Å². The lowest BCUT2D eigenvalue weighted by atomic mass is 10.0. The Hall–Kier alpha value is -1.27. The molecule has 4 N–H and O–H groups in total. The molecular formula is C12H17F3N2O. The van der Waals surface area contributed by atoms with Crippen LogP contribution in [0.25, 0.3) is 0 Å². The van der Waals surface area contributed by atoms with Gasteiger partial charge in [-0.1, -0.05) is 0 Å². The van der Waals surface area contributed by atoms with Gasteiger partial charge in [-0.25, -0.2) is 0 Å². The minimum atomic E-state index is -4.34. The van der Waals surface area contributed by atoms with Crippen molar-refractivity contribution in [1.82, 2.24) is 0 Å². The van der Waals surface area contributed by atoms with E-state index in [1.165, 1.54) is 12.1 Å². The topological polar surface area (TPSA) is 61.3 Å². The average Bonchev–Trinajstić information content (AvgIpc) is 2.29. The highest BCUT2D eigenvalue weighted by Crippen LogP contribution is 2.31. The number of hydrogen-bond acceptors (Lipinski definition) is 3. The highest BCUT2D eigenvalue weighted by molar-refractivity contribution is 5.29.